The van der Waals surface area contributed by atoms with Crippen molar-refractivity contribution in [3.8, 4) is 5.75 Å². The third-order valence-electron chi connectivity index (χ3n) is 8.29. The van der Waals surface area contributed by atoms with E-state index in [-0.39, 0.29) is 20.7 Å². The van der Waals surface area contributed by atoms with E-state index in [1.165, 1.54) is 36.1 Å². The minimum Gasteiger partial charge on any atom is -0.497 e. The molecule has 0 unspecified atom stereocenters. The Hall–Kier alpha value is -6.12. The number of fused-ring (bicyclic) bond motifs is 2. The molecule has 0 saturated heterocycles. The van der Waals surface area contributed by atoms with Crippen LogP contribution in [0.1, 0.15) is 24.1 Å². The Labute approximate surface area is 288 Å². The molecular formula is C36H27N5O7S2. The van der Waals surface area contributed by atoms with Gasteiger partial charge in [0.25, 0.3) is 27.2 Å². The molecule has 6 aromatic rings. The SMILES string of the molecule is COc1cccc([C@@H]2C(C(=O)Nc3ccccc3)=C(C)N=c3s/c(=C\c4cn(S(=O)(=O)c5cccc([N+](=O)[O-])c5)c5ccccc45)c(=O)n32)c1. The van der Waals surface area contributed by atoms with Gasteiger partial charge in [-0.3, -0.25) is 24.3 Å². The predicted octanol–water partition coefficient (Wildman–Crippen LogP) is 4.98. The maximum Gasteiger partial charge on any atom is 0.271 e. The van der Waals surface area contributed by atoms with Crippen LogP contribution in [0.25, 0.3) is 17.0 Å². The number of para-hydroxylation sites is 2. The molecule has 0 spiro atoms. The van der Waals surface area contributed by atoms with Crippen molar-refractivity contribution < 1.29 is 22.9 Å². The van der Waals surface area contributed by atoms with Gasteiger partial charge < -0.3 is 10.1 Å². The second-order valence-electron chi connectivity index (χ2n) is 11.3. The van der Waals surface area contributed by atoms with Gasteiger partial charge in [-0.15, -0.1) is 0 Å². The van der Waals surface area contributed by atoms with Crippen molar-refractivity contribution in [1.29, 1.82) is 0 Å². The Morgan fingerprint density at radius 2 is 1.74 bits per heavy atom. The highest BCUT2D eigenvalue weighted by molar-refractivity contribution is 7.90. The molecule has 3 heterocycles. The van der Waals surface area contributed by atoms with E-state index in [0.29, 0.717) is 44.0 Å². The van der Waals surface area contributed by atoms with Crippen LogP contribution in [-0.4, -0.2) is 34.9 Å². The zero-order chi connectivity index (χ0) is 35.2. The number of nitrogens with one attached hydrogen (secondary N) is 1. The van der Waals surface area contributed by atoms with Gasteiger partial charge >= 0.3 is 0 Å². The van der Waals surface area contributed by atoms with Crippen LogP contribution < -0.4 is 24.9 Å². The monoisotopic (exact) mass is 705 g/mol. The number of carbonyl (C=O) groups excluding carboxylic acids is 1. The van der Waals surface area contributed by atoms with Crippen molar-refractivity contribution >= 4 is 55.6 Å². The number of methoxy groups -OCH3 is 1. The Bertz CT molecular complexity index is 2680. The summed E-state index contributed by atoms with van der Waals surface area (Å²) in [5.41, 5.74) is 1.87. The quantitative estimate of drug-likeness (QED) is 0.173. The lowest BCUT2D eigenvalue weighted by Crippen LogP contribution is -2.40. The van der Waals surface area contributed by atoms with E-state index in [9.17, 15) is 28.1 Å². The van der Waals surface area contributed by atoms with Crippen LogP contribution in [0.4, 0.5) is 11.4 Å². The number of hydrogen-bond acceptors (Lipinski definition) is 9. The summed E-state index contributed by atoms with van der Waals surface area (Å²) in [6, 6.07) is 26.8. The van der Waals surface area contributed by atoms with Gasteiger partial charge in [-0.05, 0) is 55.0 Å². The summed E-state index contributed by atoms with van der Waals surface area (Å²) in [6.45, 7) is 1.72. The molecular weight excluding hydrogens is 679 g/mol. The van der Waals surface area contributed by atoms with Gasteiger partial charge in [0, 0.05) is 35.0 Å². The lowest BCUT2D eigenvalue weighted by molar-refractivity contribution is -0.385. The minimum atomic E-state index is -4.28. The highest BCUT2D eigenvalue weighted by Gasteiger charge is 2.33. The fraction of sp³-hybridized carbons (Fsp3) is 0.0833. The standard InChI is InChI=1S/C36H27N5O7S2/c1-22-32(34(42)38-25-11-4-3-5-12-25)33(23-10-8-14-27(18-23)48-2)40-35(43)31(49-36(40)37-22)19-24-21-39(30-17-7-6-16-29(24)30)50(46,47)28-15-9-13-26(20-28)41(44)45/h3-21,33H,1-2H3,(H,38,42)/b31-19-/t33-/m1/s1. The van der Waals surface area contributed by atoms with Gasteiger partial charge in [-0.2, -0.15) is 0 Å². The molecule has 2 aromatic heterocycles. The minimum absolute atomic E-state index is 0.254. The molecule has 0 radical (unpaired) electrons. The third kappa shape index (κ3) is 5.69. The predicted molar refractivity (Wildman–Crippen MR) is 189 cm³/mol. The Balaban J connectivity index is 1.39. The van der Waals surface area contributed by atoms with Crippen LogP contribution in [0.2, 0.25) is 0 Å². The Morgan fingerprint density at radius 1 is 1.00 bits per heavy atom. The zero-order valence-corrected chi connectivity index (χ0v) is 28.1. The maximum atomic E-state index is 14.4. The molecule has 0 bridgehead atoms. The first-order chi connectivity index (χ1) is 24.1. The first kappa shape index (κ1) is 32.4. The van der Waals surface area contributed by atoms with Gasteiger partial charge in [-0.1, -0.05) is 65.9 Å². The summed E-state index contributed by atoms with van der Waals surface area (Å²) >= 11 is 1.11. The van der Waals surface area contributed by atoms with Crippen molar-refractivity contribution in [2.75, 3.05) is 12.4 Å². The molecule has 0 aliphatic carbocycles. The van der Waals surface area contributed by atoms with E-state index in [1.54, 1.807) is 79.7 Å². The number of thiazole rings is 1. The lowest BCUT2D eigenvalue weighted by atomic mass is 9.95. The van der Waals surface area contributed by atoms with Crippen molar-refractivity contribution in [2.24, 2.45) is 4.99 Å². The number of aromatic nitrogens is 2. The topological polar surface area (TPSA) is 155 Å². The number of non-ortho nitro benzene ring substituents is 1. The number of ether oxygens (including phenoxy) is 1. The molecule has 250 valence electrons. The summed E-state index contributed by atoms with van der Waals surface area (Å²) in [5, 5.41) is 14.8. The number of rotatable bonds is 8. The van der Waals surface area contributed by atoms with Crippen LogP contribution in [-0.2, 0) is 14.8 Å². The number of benzene rings is 4. The van der Waals surface area contributed by atoms with Gasteiger partial charge in [0.1, 0.15) is 5.75 Å². The molecule has 14 heteroatoms. The van der Waals surface area contributed by atoms with Crippen molar-refractivity contribution in [3.63, 3.8) is 0 Å². The Morgan fingerprint density at radius 3 is 2.50 bits per heavy atom. The highest BCUT2D eigenvalue weighted by Crippen LogP contribution is 2.33. The molecule has 1 atom stereocenters. The highest BCUT2D eigenvalue weighted by atomic mass is 32.2. The van der Waals surface area contributed by atoms with Gasteiger partial charge in [0.05, 0.1) is 44.3 Å². The summed E-state index contributed by atoms with van der Waals surface area (Å²) in [7, 11) is -2.74. The first-order valence-electron chi connectivity index (χ1n) is 15.2. The molecule has 12 nitrogen and oxygen atoms in total. The van der Waals surface area contributed by atoms with Gasteiger partial charge in [-0.25, -0.2) is 17.4 Å². The molecule has 0 fully saturated rings. The molecule has 50 heavy (non-hydrogen) atoms. The van der Waals surface area contributed by atoms with Crippen LogP contribution in [0.5, 0.6) is 5.75 Å². The first-order valence-corrected chi connectivity index (χ1v) is 17.5. The molecule has 1 aliphatic rings. The molecule has 7 rings (SSSR count). The van der Waals surface area contributed by atoms with E-state index in [4.69, 9.17) is 9.73 Å². The molecule has 4 aromatic carbocycles. The van der Waals surface area contributed by atoms with Crippen LogP contribution in [0.15, 0.2) is 135 Å². The second kappa shape index (κ2) is 12.7. The number of nitro groups is 1. The van der Waals surface area contributed by atoms with Crippen LogP contribution in [0.3, 0.4) is 0 Å². The third-order valence-corrected chi connectivity index (χ3v) is 10.9. The van der Waals surface area contributed by atoms with Gasteiger partial charge in [0.15, 0.2) is 4.80 Å². The fourth-order valence-electron chi connectivity index (χ4n) is 5.96. The molecule has 1 aliphatic heterocycles. The summed E-state index contributed by atoms with van der Waals surface area (Å²) in [5.74, 6) is 0.119. The van der Waals surface area contributed by atoms with Gasteiger partial charge in [0.2, 0.25) is 0 Å². The van der Waals surface area contributed by atoms with Crippen LogP contribution in [0, 0.1) is 10.1 Å². The zero-order valence-electron chi connectivity index (χ0n) is 26.5. The summed E-state index contributed by atoms with van der Waals surface area (Å²) < 4.78 is 35.9. The van der Waals surface area contributed by atoms with Crippen LogP contribution >= 0.6 is 11.3 Å². The van der Waals surface area contributed by atoms with E-state index in [0.717, 1.165) is 21.4 Å². The number of anilines is 1. The summed E-state index contributed by atoms with van der Waals surface area (Å²) in [6.07, 6.45) is 2.98. The Kier molecular flexibility index (Phi) is 8.25. The van der Waals surface area contributed by atoms with E-state index >= 15 is 0 Å². The molecule has 0 saturated carbocycles. The normalized spacial score (nSPS) is 14.7. The number of allylic oxidation sites excluding steroid dienone is 1. The summed E-state index contributed by atoms with van der Waals surface area (Å²) in [4.78, 5) is 43.8. The van der Waals surface area contributed by atoms with Crippen molar-refractivity contribution in [2.45, 2.75) is 17.9 Å². The molecule has 1 N–H and O–H groups in total. The number of amides is 1. The van der Waals surface area contributed by atoms with Crippen molar-refractivity contribution in [3.05, 3.63) is 162 Å². The number of carbonyl (C=O) groups is 1. The second-order valence-corrected chi connectivity index (χ2v) is 14.2. The van der Waals surface area contributed by atoms with Crippen molar-refractivity contribution in [1.82, 2.24) is 8.54 Å². The smallest absolute Gasteiger partial charge is 0.271 e. The number of nitro benzene ring substituents is 1. The van der Waals surface area contributed by atoms with E-state index in [1.807, 2.05) is 12.1 Å². The number of nitrogens with zero attached hydrogens (tertiary/aromatic N) is 4. The molecule has 1 amide bonds. The van der Waals surface area contributed by atoms with E-state index in [2.05, 4.69) is 5.32 Å². The fourth-order valence-corrected chi connectivity index (χ4v) is 8.42. The van der Waals surface area contributed by atoms with E-state index < -0.39 is 32.5 Å². The largest absolute Gasteiger partial charge is 0.497 e. The maximum absolute atomic E-state index is 14.4. The lowest BCUT2D eigenvalue weighted by Gasteiger charge is -2.25. The average Bonchev–Trinajstić information content (AvgIpc) is 3.65. The number of hydrogen-bond donors (Lipinski definition) is 1. The average molecular weight is 706 g/mol.